The van der Waals surface area contributed by atoms with E-state index in [9.17, 15) is 4.79 Å². The molecule has 1 saturated heterocycles. The Balaban J connectivity index is 1.46. The molecule has 3 atom stereocenters. The van der Waals surface area contributed by atoms with Crippen molar-refractivity contribution in [1.29, 1.82) is 0 Å². The van der Waals surface area contributed by atoms with Crippen LogP contribution >= 0.6 is 11.8 Å². The van der Waals surface area contributed by atoms with Crippen LogP contribution in [0.1, 0.15) is 71.4 Å². The van der Waals surface area contributed by atoms with Gasteiger partial charge in [-0.3, -0.25) is 0 Å². The molecule has 4 heteroatoms. The molecule has 0 radical (unpaired) electrons. The minimum absolute atomic E-state index is 0.0152. The Bertz CT molecular complexity index is 1290. The Hall–Kier alpha value is -2.72. The van der Waals surface area contributed by atoms with Crippen molar-refractivity contribution >= 4 is 29.4 Å². The van der Waals surface area contributed by atoms with Crippen LogP contribution in [-0.2, 0) is 15.6 Å². The van der Waals surface area contributed by atoms with Gasteiger partial charge in [-0.15, -0.1) is 11.8 Å². The molecule has 3 heterocycles. The number of fused-ring (bicyclic) bond motifs is 4. The minimum atomic E-state index is -0.125. The van der Waals surface area contributed by atoms with Crippen molar-refractivity contribution < 1.29 is 4.79 Å². The number of nitrogens with zero attached hydrogens (tertiary/aromatic N) is 2. The number of hydrogen-bond donors (Lipinski definition) is 0. The second kappa shape index (κ2) is 11.0. The summed E-state index contributed by atoms with van der Waals surface area (Å²) < 4.78 is 0. The topological polar surface area (TPSA) is 23.6 Å². The van der Waals surface area contributed by atoms with Crippen LogP contribution in [0.4, 0.5) is 11.4 Å². The monoisotopic (exact) mass is 540 g/mol. The molecule has 2 aromatic rings. The number of hydrogen-bond acceptors (Lipinski definition) is 4. The molecule has 1 fully saturated rings. The summed E-state index contributed by atoms with van der Waals surface area (Å²) in [7, 11) is 0. The lowest BCUT2D eigenvalue weighted by Crippen LogP contribution is -2.57. The average Bonchev–Trinajstić information content (AvgIpc) is 3.29. The highest BCUT2D eigenvalue weighted by Crippen LogP contribution is 2.61. The summed E-state index contributed by atoms with van der Waals surface area (Å²) in [6, 6.07) is 17.8. The van der Waals surface area contributed by atoms with Crippen LogP contribution in [0, 0.1) is 5.92 Å². The molecule has 3 unspecified atom stereocenters. The number of thioether (sulfide) groups is 1. The maximum absolute atomic E-state index is 11.0. The summed E-state index contributed by atoms with van der Waals surface area (Å²) in [6.07, 6.45) is 16.3. The van der Waals surface area contributed by atoms with Gasteiger partial charge in [0.2, 0.25) is 0 Å². The first kappa shape index (κ1) is 27.8. The molecule has 0 saturated carbocycles. The fraction of sp³-hybridized carbons (Fsp3) is 0.457. The molecule has 3 aliphatic heterocycles. The standard InChI is InChI=1S/C35H44N2OS/c1-6-36-30-19-12-10-17-28(30)33(3,4)32(36)21-9-7-15-23-35-34(5,22-14-8-16-24-38)29-18-11-13-20-31(29)37(35)25-27(2)26-39-35/h7,9-13,15,17-21,23-24,27H,6,8,14,16,22,25-26H2,1-5H3/b9-7+,23-15-,32-21-. The lowest BCUT2D eigenvalue weighted by atomic mass is 9.73. The Morgan fingerprint density at radius 3 is 2.41 bits per heavy atom. The molecule has 0 bridgehead atoms. The Morgan fingerprint density at radius 1 is 0.949 bits per heavy atom. The molecule has 3 nitrogen and oxygen atoms in total. The van der Waals surface area contributed by atoms with Gasteiger partial charge in [-0.1, -0.05) is 88.7 Å². The number of anilines is 2. The third-order valence-corrected chi connectivity index (χ3v) is 11.2. The average molecular weight is 541 g/mol. The molecule has 0 aromatic heterocycles. The first-order valence-corrected chi connectivity index (χ1v) is 15.7. The van der Waals surface area contributed by atoms with Crippen LogP contribution in [0.15, 0.2) is 84.6 Å². The number of benzene rings is 2. The molecule has 0 N–H and O–H groups in total. The molecule has 0 amide bonds. The van der Waals surface area contributed by atoms with Gasteiger partial charge in [0.15, 0.2) is 0 Å². The molecule has 39 heavy (non-hydrogen) atoms. The lowest BCUT2D eigenvalue weighted by Gasteiger charge is -2.51. The van der Waals surface area contributed by atoms with E-state index in [4.69, 9.17) is 0 Å². The van der Waals surface area contributed by atoms with E-state index >= 15 is 0 Å². The Morgan fingerprint density at radius 2 is 1.67 bits per heavy atom. The van der Waals surface area contributed by atoms with E-state index in [-0.39, 0.29) is 15.7 Å². The van der Waals surface area contributed by atoms with E-state index in [2.05, 4.69) is 135 Å². The van der Waals surface area contributed by atoms with Crippen molar-refractivity contribution in [3.63, 3.8) is 0 Å². The number of carbonyl (C=O) groups is 1. The van der Waals surface area contributed by atoms with Gasteiger partial charge in [0.1, 0.15) is 11.2 Å². The normalized spacial score (nSPS) is 28.3. The van der Waals surface area contributed by atoms with E-state index in [1.54, 1.807) is 0 Å². The van der Waals surface area contributed by atoms with Gasteiger partial charge in [0, 0.05) is 53.2 Å². The summed E-state index contributed by atoms with van der Waals surface area (Å²) >= 11 is 2.11. The van der Waals surface area contributed by atoms with Gasteiger partial charge in [-0.2, -0.15) is 0 Å². The van der Waals surface area contributed by atoms with Crippen LogP contribution in [-0.4, -0.2) is 30.0 Å². The van der Waals surface area contributed by atoms with Crippen molar-refractivity contribution in [1.82, 2.24) is 0 Å². The van der Waals surface area contributed by atoms with Crippen LogP contribution in [0.2, 0.25) is 0 Å². The second-order valence-electron chi connectivity index (χ2n) is 12.2. The highest BCUT2D eigenvalue weighted by molar-refractivity contribution is 8.01. The van der Waals surface area contributed by atoms with Gasteiger partial charge in [0.05, 0.1) is 0 Å². The summed E-state index contributed by atoms with van der Waals surface area (Å²) in [4.78, 5) is 16.0. The Labute approximate surface area is 240 Å². The smallest absolute Gasteiger partial charge is 0.119 e. The summed E-state index contributed by atoms with van der Waals surface area (Å²) in [6.45, 7) is 13.8. The molecule has 2 aromatic carbocycles. The second-order valence-corrected chi connectivity index (χ2v) is 13.4. The third kappa shape index (κ3) is 4.59. The van der Waals surface area contributed by atoms with E-state index in [0.29, 0.717) is 12.3 Å². The quantitative estimate of drug-likeness (QED) is 0.181. The number of allylic oxidation sites excluding steroid dienone is 5. The number of para-hydroxylation sites is 2. The van der Waals surface area contributed by atoms with E-state index in [0.717, 1.165) is 44.4 Å². The predicted octanol–water partition coefficient (Wildman–Crippen LogP) is 8.42. The highest BCUT2D eigenvalue weighted by atomic mass is 32.2. The van der Waals surface area contributed by atoms with Crippen molar-refractivity contribution in [3.8, 4) is 0 Å². The van der Waals surface area contributed by atoms with E-state index < -0.39 is 0 Å². The molecule has 0 aliphatic carbocycles. The number of likely N-dealkylation sites (N-methyl/N-ethyl adjacent to an activating group) is 1. The van der Waals surface area contributed by atoms with Crippen molar-refractivity contribution in [3.05, 3.63) is 95.7 Å². The van der Waals surface area contributed by atoms with Gasteiger partial charge >= 0.3 is 0 Å². The lowest BCUT2D eigenvalue weighted by molar-refractivity contribution is -0.107. The first-order valence-electron chi connectivity index (χ1n) is 14.7. The number of aldehydes is 1. The van der Waals surface area contributed by atoms with Crippen LogP contribution < -0.4 is 9.80 Å². The van der Waals surface area contributed by atoms with Gasteiger partial charge in [0.25, 0.3) is 0 Å². The van der Waals surface area contributed by atoms with Gasteiger partial charge in [-0.25, -0.2) is 0 Å². The largest absolute Gasteiger partial charge is 0.352 e. The Kier molecular flexibility index (Phi) is 7.88. The minimum Gasteiger partial charge on any atom is -0.352 e. The first-order chi connectivity index (χ1) is 18.8. The summed E-state index contributed by atoms with van der Waals surface area (Å²) in [5.74, 6) is 1.80. The van der Waals surface area contributed by atoms with E-state index in [1.165, 1.54) is 28.2 Å². The number of unbranched alkanes of at least 4 members (excludes halogenated alkanes) is 2. The zero-order valence-electron chi connectivity index (χ0n) is 24.3. The fourth-order valence-corrected chi connectivity index (χ4v) is 8.85. The van der Waals surface area contributed by atoms with Crippen molar-refractivity contribution in [2.75, 3.05) is 28.6 Å². The molecule has 5 rings (SSSR count). The van der Waals surface area contributed by atoms with Crippen LogP contribution in [0.3, 0.4) is 0 Å². The molecule has 0 spiro atoms. The van der Waals surface area contributed by atoms with Crippen molar-refractivity contribution in [2.45, 2.75) is 76.0 Å². The van der Waals surface area contributed by atoms with E-state index in [1.807, 2.05) is 0 Å². The van der Waals surface area contributed by atoms with Crippen LogP contribution in [0.5, 0.6) is 0 Å². The number of carbonyl (C=O) groups excluding carboxylic acids is 1. The van der Waals surface area contributed by atoms with Crippen molar-refractivity contribution in [2.24, 2.45) is 5.92 Å². The molecular weight excluding hydrogens is 496 g/mol. The third-order valence-electron chi connectivity index (χ3n) is 9.23. The summed E-state index contributed by atoms with van der Waals surface area (Å²) in [5.41, 5.74) is 6.89. The zero-order chi connectivity index (χ0) is 27.7. The van der Waals surface area contributed by atoms with Crippen LogP contribution in [0.25, 0.3) is 0 Å². The fourth-order valence-electron chi connectivity index (χ4n) is 7.17. The summed E-state index contributed by atoms with van der Waals surface area (Å²) in [5, 5.41) is 0. The zero-order valence-corrected chi connectivity index (χ0v) is 25.1. The predicted molar refractivity (Wildman–Crippen MR) is 169 cm³/mol. The number of rotatable bonds is 9. The SMILES string of the molecule is CCN1\C(=C/C=C/C=C\C23SCC(C)CN2c2ccccc2C3(C)CCCCC=O)C(C)(C)c2ccccc21. The molecule has 3 aliphatic rings. The molecular formula is C35H44N2OS. The maximum Gasteiger partial charge on any atom is 0.119 e. The van der Waals surface area contributed by atoms with Gasteiger partial charge in [-0.05, 0) is 61.1 Å². The highest BCUT2D eigenvalue weighted by Gasteiger charge is 2.59. The molecule has 206 valence electrons. The maximum atomic E-state index is 11.0. The van der Waals surface area contributed by atoms with Gasteiger partial charge < -0.3 is 14.6 Å².